The van der Waals surface area contributed by atoms with Crippen LogP contribution in [-0.4, -0.2) is 16.1 Å². The van der Waals surface area contributed by atoms with Gasteiger partial charge in [0, 0.05) is 5.02 Å². The van der Waals surface area contributed by atoms with Crippen LogP contribution >= 0.6 is 11.6 Å². The standard InChI is InChI=1S/C23H28ClN3O/c1-4-5-6-9-15-25-17(3)22-26-20-13-8-7-11-18(20)23(28)27(22)21-14-10-12-19(24)16(21)2/h7-8,10-14,17,25H,4-6,9,15H2,1-3H3/t17-/m1/s1. The number of rotatable bonds is 8. The van der Waals surface area contributed by atoms with Crippen molar-refractivity contribution < 1.29 is 0 Å². The molecule has 4 nitrogen and oxygen atoms in total. The first kappa shape index (κ1) is 20.6. The quantitative estimate of drug-likeness (QED) is 0.505. The van der Waals surface area contributed by atoms with E-state index in [1.165, 1.54) is 19.3 Å². The molecule has 1 atom stereocenters. The number of hydrogen-bond acceptors (Lipinski definition) is 3. The highest BCUT2D eigenvalue weighted by Gasteiger charge is 2.19. The summed E-state index contributed by atoms with van der Waals surface area (Å²) in [6.45, 7) is 7.11. The number of nitrogens with one attached hydrogen (secondary N) is 1. The predicted molar refractivity (Wildman–Crippen MR) is 118 cm³/mol. The van der Waals surface area contributed by atoms with Crippen LogP contribution in [0.15, 0.2) is 47.3 Å². The van der Waals surface area contributed by atoms with Crippen molar-refractivity contribution in [1.82, 2.24) is 14.9 Å². The zero-order chi connectivity index (χ0) is 20.1. The molecule has 3 aromatic rings. The smallest absolute Gasteiger partial charge is 0.266 e. The van der Waals surface area contributed by atoms with Crippen molar-refractivity contribution in [3.8, 4) is 5.69 Å². The molecule has 0 aliphatic carbocycles. The van der Waals surface area contributed by atoms with Gasteiger partial charge >= 0.3 is 0 Å². The molecule has 0 saturated carbocycles. The lowest BCUT2D eigenvalue weighted by Crippen LogP contribution is -2.31. The number of aromatic nitrogens is 2. The Kier molecular flexibility index (Phi) is 6.87. The summed E-state index contributed by atoms with van der Waals surface area (Å²) in [7, 11) is 0. The molecule has 2 aromatic carbocycles. The fourth-order valence-electron chi connectivity index (χ4n) is 3.47. The van der Waals surface area contributed by atoms with Crippen molar-refractivity contribution in [2.45, 2.75) is 52.5 Å². The van der Waals surface area contributed by atoms with E-state index in [0.29, 0.717) is 16.2 Å². The van der Waals surface area contributed by atoms with Crippen LogP contribution in [0.4, 0.5) is 0 Å². The molecule has 0 bridgehead atoms. The maximum atomic E-state index is 13.4. The van der Waals surface area contributed by atoms with Crippen LogP contribution in [0.25, 0.3) is 16.6 Å². The minimum atomic E-state index is -0.0643. The highest BCUT2D eigenvalue weighted by molar-refractivity contribution is 6.31. The van der Waals surface area contributed by atoms with Gasteiger partial charge in [0.1, 0.15) is 5.82 Å². The Balaban J connectivity index is 2.07. The monoisotopic (exact) mass is 397 g/mol. The Morgan fingerprint density at radius 2 is 1.89 bits per heavy atom. The maximum Gasteiger partial charge on any atom is 0.266 e. The molecule has 0 aliphatic heterocycles. The Morgan fingerprint density at radius 1 is 1.11 bits per heavy atom. The molecule has 0 aliphatic rings. The third-order valence-electron chi connectivity index (χ3n) is 5.15. The van der Waals surface area contributed by atoms with Crippen LogP contribution in [0.2, 0.25) is 5.02 Å². The van der Waals surface area contributed by atoms with Crippen molar-refractivity contribution in [2.75, 3.05) is 6.54 Å². The van der Waals surface area contributed by atoms with Crippen LogP contribution in [0, 0.1) is 6.92 Å². The third-order valence-corrected chi connectivity index (χ3v) is 5.56. The second kappa shape index (κ2) is 9.35. The Morgan fingerprint density at radius 3 is 2.68 bits per heavy atom. The summed E-state index contributed by atoms with van der Waals surface area (Å²) >= 11 is 6.35. The van der Waals surface area contributed by atoms with Crippen LogP contribution in [-0.2, 0) is 0 Å². The molecule has 0 fully saturated rings. The van der Waals surface area contributed by atoms with Gasteiger partial charge in [0.15, 0.2) is 0 Å². The number of hydrogen-bond donors (Lipinski definition) is 1. The molecule has 1 aromatic heterocycles. The van der Waals surface area contributed by atoms with Gasteiger partial charge in [-0.2, -0.15) is 0 Å². The summed E-state index contributed by atoms with van der Waals surface area (Å²) in [5, 5.41) is 4.79. The Hall–Kier alpha value is -2.17. The van der Waals surface area contributed by atoms with E-state index < -0.39 is 0 Å². The van der Waals surface area contributed by atoms with Crippen LogP contribution < -0.4 is 10.9 Å². The van der Waals surface area contributed by atoms with Gasteiger partial charge in [-0.3, -0.25) is 9.36 Å². The topological polar surface area (TPSA) is 46.9 Å². The molecule has 0 amide bonds. The molecule has 1 heterocycles. The van der Waals surface area contributed by atoms with Crippen LogP contribution in [0.5, 0.6) is 0 Å². The van der Waals surface area contributed by atoms with Crippen LogP contribution in [0.3, 0.4) is 0 Å². The van der Waals surface area contributed by atoms with Crippen molar-refractivity contribution in [3.05, 3.63) is 69.2 Å². The van der Waals surface area contributed by atoms with E-state index >= 15 is 0 Å². The lowest BCUT2D eigenvalue weighted by Gasteiger charge is -2.21. The van der Waals surface area contributed by atoms with Gasteiger partial charge < -0.3 is 5.32 Å². The first-order chi connectivity index (χ1) is 13.5. The number of para-hydroxylation sites is 1. The summed E-state index contributed by atoms with van der Waals surface area (Å²) < 4.78 is 1.72. The van der Waals surface area contributed by atoms with Gasteiger partial charge in [0.25, 0.3) is 5.56 Å². The average Bonchev–Trinajstić information content (AvgIpc) is 2.70. The largest absolute Gasteiger partial charge is 0.308 e. The highest BCUT2D eigenvalue weighted by atomic mass is 35.5. The number of halogens is 1. The van der Waals surface area contributed by atoms with Crippen molar-refractivity contribution >= 4 is 22.5 Å². The minimum Gasteiger partial charge on any atom is -0.308 e. The SMILES string of the molecule is CCCCCCN[C@H](C)c1nc2ccccc2c(=O)n1-c1cccc(Cl)c1C. The van der Waals surface area contributed by atoms with E-state index in [2.05, 4.69) is 19.2 Å². The summed E-state index contributed by atoms with van der Waals surface area (Å²) in [4.78, 5) is 18.2. The van der Waals surface area contributed by atoms with Crippen molar-refractivity contribution in [2.24, 2.45) is 0 Å². The average molecular weight is 398 g/mol. The van der Waals surface area contributed by atoms with E-state index in [-0.39, 0.29) is 11.6 Å². The van der Waals surface area contributed by atoms with Gasteiger partial charge in [-0.05, 0) is 56.6 Å². The second-order valence-corrected chi connectivity index (χ2v) is 7.66. The normalized spacial score (nSPS) is 12.4. The number of fused-ring (bicyclic) bond motifs is 1. The molecule has 148 valence electrons. The summed E-state index contributed by atoms with van der Waals surface area (Å²) in [5.41, 5.74) is 2.31. The van der Waals surface area contributed by atoms with Crippen molar-refractivity contribution in [3.63, 3.8) is 0 Å². The molecular formula is C23H28ClN3O. The third kappa shape index (κ3) is 4.29. The molecular weight excluding hydrogens is 370 g/mol. The molecule has 3 rings (SSSR count). The summed E-state index contributed by atoms with van der Waals surface area (Å²) in [6.07, 6.45) is 4.79. The van der Waals surface area contributed by atoms with Crippen molar-refractivity contribution in [1.29, 1.82) is 0 Å². The molecule has 0 spiro atoms. The minimum absolute atomic E-state index is 0.0580. The molecule has 5 heteroatoms. The Labute approximate surface area is 171 Å². The van der Waals surface area contributed by atoms with E-state index in [9.17, 15) is 4.79 Å². The first-order valence-corrected chi connectivity index (χ1v) is 10.4. The lowest BCUT2D eigenvalue weighted by atomic mass is 10.1. The molecule has 0 radical (unpaired) electrons. The van der Waals surface area contributed by atoms with Gasteiger partial charge in [-0.15, -0.1) is 0 Å². The number of unbranched alkanes of at least 4 members (excludes halogenated alkanes) is 3. The van der Waals surface area contributed by atoms with Gasteiger partial charge in [-0.1, -0.05) is 56.0 Å². The van der Waals surface area contributed by atoms with E-state index in [4.69, 9.17) is 16.6 Å². The highest BCUT2D eigenvalue weighted by Crippen LogP contribution is 2.24. The Bertz CT molecular complexity index is 1010. The maximum absolute atomic E-state index is 13.4. The summed E-state index contributed by atoms with van der Waals surface area (Å²) in [5.74, 6) is 0.713. The zero-order valence-electron chi connectivity index (χ0n) is 16.8. The van der Waals surface area contributed by atoms with E-state index in [0.717, 1.165) is 29.7 Å². The lowest BCUT2D eigenvalue weighted by molar-refractivity contribution is 0.508. The van der Waals surface area contributed by atoms with Gasteiger partial charge in [0.05, 0.1) is 22.6 Å². The first-order valence-electron chi connectivity index (χ1n) is 10.0. The van der Waals surface area contributed by atoms with E-state index in [1.807, 2.05) is 49.4 Å². The van der Waals surface area contributed by atoms with Crippen LogP contribution in [0.1, 0.15) is 57.0 Å². The molecule has 1 N–H and O–H groups in total. The fourth-order valence-corrected chi connectivity index (χ4v) is 3.64. The van der Waals surface area contributed by atoms with E-state index in [1.54, 1.807) is 4.57 Å². The van der Waals surface area contributed by atoms with Gasteiger partial charge in [0.2, 0.25) is 0 Å². The fraction of sp³-hybridized carbons (Fsp3) is 0.391. The zero-order valence-corrected chi connectivity index (χ0v) is 17.6. The molecule has 28 heavy (non-hydrogen) atoms. The number of benzene rings is 2. The predicted octanol–water partition coefficient (Wildman–Crippen LogP) is 5.58. The second-order valence-electron chi connectivity index (χ2n) is 7.25. The van der Waals surface area contributed by atoms with Gasteiger partial charge in [-0.25, -0.2) is 4.98 Å². The molecule has 0 saturated heterocycles. The molecule has 0 unspecified atom stereocenters. The number of nitrogens with zero attached hydrogens (tertiary/aromatic N) is 2. The summed E-state index contributed by atoms with van der Waals surface area (Å²) in [6, 6.07) is 13.1.